The third-order valence-corrected chi connectivity index (χ3v) is 6.21. The first-order valence-electron chi connectivity index (χ1n) is 12.8. The van der Waals surface area contributed by atoms with Crippen molar-refractivity contribution < 1.29 is 5.11 Å². The van der Waals surface area contributed by atoms with Gasteiger partial charge in [-0.1, -0.05) is 80.6 Å². The predicted octanol–water partition coefficient (Wildman–Crippen LogP) is 7.24. The fourth-order valence-electron chi connectivity index (χ4n) is 4.47. The smallest absolute Gasteiger partial charge is 0.0967 e. The van der Waals surface area contributed by atoms with Crippen molar-refractivity contribution in [2.75, 3.05) is 5.32 Å². The summed E-state index contributed by atoms with van der Waals surface area (Å²) in [6.45, 7) is 6.14. The summed E-state index contributed by atoms with van der Waals surface area (Å²) in [6, 6.07) is 25.4. The van der Waals surface area contributed by atoms with Gasteiger partial charge in [-0.05, 0) is 55.0 Å². The van der Waals surface area contributed by atoms with E-state index in [0.717, 1.165) is 53.0 Å². The van der Waals surface area contributed by atoms with E-state index in [9.17, 15) is 5.11 Å². The molecule has 0 saturated heterocycles. The second-order valence-corrected chi connectivity index (χ2v) is 9.15. The van der Waals surface area contributed by atoms with Gasteiger partial charge in [0, 0.05) is 41.3 Å². The van der Waals surface area contributed by atoms with Gasteiger partial charge in [0.15, 0.2) is 0 Å². The molecule has 0 saturated carbocycles. The number of hydrogen-bond donors (Lipinski definition) is 2. The lowest BCUT2D eigenvalue weighted by molar-refractivity contribution is 0.195. The highest BCUT2D eigenvalue weighted by Crippen LogP contribution is 2.31. The van der Waals surface area contributed by atoms with Crippen LogP contribution in [0.4, 0.5) is 5.69 Å². The van der Waals surface area contributed by atoms with Crippen molar-refractivity contribution in [2.45, 2.75) is 52.6 Å². The van der Waals surface area contributed by atoms with Gasteiger partial charge in [0.25, 0.3) is 0 Å². The monoisotopic (exact) mass is 477 g/mol. The molecule has 0 radical (unpaired) electrons. The van der Waals surface area contributed by atoms with Crippen molar-refractivity contribution >= 4 is 5.69 Å². The molecular weight excluding hydrogens is 442 g/mol. The molecule has 0 aliphatic carbocycles. The highest BCUT2D eigenvalue weighted by Gasteiger charge is 2.13. The van der Waals surface area contributed by atoms with Crippen LogP contribution in [0.25, 0.3) is 22.5 Å². The number of benzene rings is 3. The van der Waals surface area contributed by atoms with Crippen LogP contribution >= 0.6 is 0 Å². The molecule has 1 atom stereocenters. The molecule has 3 aromatic carbocycles. The Labute approximate surface area is 214 Å². The topological polar surface area (TPSA) is 58.0 Å². The van der Waals surface area contributed by atoms with Gasteiger partial charge in [-0.3, -0.25) is 9.97 Å². The Morgan fingerprint density at radius 2 is 1.53 bits per heavy atom. The molecule has 4 rings (SSSR count). The maximum absolute atomic E-state index is 9.62. The second-order valence-electron chi connectivity index (χ2n) is 9.15. The molecule has 184 valence electrons. The minimum absolute atomic E-state index is 0.324. The molecule has 4 aromatic rings. The van der Waals surface area contributed by atoms with Gasteiger partial charge >= 0.3 is 0 Å². The van der Waals surface area contributed by atoms with E-state index in [1.54, 1.807) is 12.4 Å². The number of aromatic nitrogens is 2. The molecule has 0 fully saturated rings. The molecule has 4 heteroatoms. The number of aryl methyl sites for hydroxylation is 1. The molecule has 36 heavy (non-hydrogen) atoms. The van der Waals surface area contributed by atoms with Crippen molar-refractivity contribution in [3.63, 3.8) is 0 Å². The van der Waals surface area contributed by atoms with E-state index in [1.165, 1.54) is 16.8 Å². The zero-order valence-corrected chi connectivity index (χ0v) is 21.4. The lowest BCUT2D eigenvalue weighted by Crippen LogP contribution is -2.05. The standard InChI is InChI=1S/C32H35N3O/c1-4-8-29(22-25-13-11-24(12-14-25)21-23(3)36)35-28-17-15-27(16-18-28)31-32(34-20-19-33-31)30-10-7-6-9-26(30)5-2/h6-20,23,35-36H,4-5,21-22H2,1-3H3/b29-8-. The number of aliphatic hydroxyl groups excluding tert-OH is 1. The van der Waals surface area contributed by atoms with Crippen LogP contribution < -0.4 is 5.32 Å². The first-order chi connectivity index (χ1) is 17.6. The van der Waals surface area contributed by atoms with E-state index < -0.39 is 0 Å². The Morgan fingerprint density at radius 3 is 2.19 bits per heavy atom. The van der Waals surface area contributed by atoms with Gasteiger partial charge in [-0.25, -0.2) is 0 Å². The van der Waals surface area contributed by atoms with Crippen molar-refractivity contribution in [2.24, 2.45) is 0 Å². The summed E-state index contributed by atoms with van der Waals surface area (Å²) in [6.07, 6.45) is 8.85. The molecule has 0 amide bonds. The van der Waals surface area contributed by atoms with E-state index in [4.69, 9.17) is 9.97 Å². The van der Waals surface area contributed by atoms with Crippen LogP contribution in [0, 0.1) is 0 Å². The maximum atomic E-state index is 9.62. The number of hydrogen-bond acceptors (Lipinski definition) is 4. The molecule has 1 unspecified atom stereocenters. The Hall–Kier alpha value is -3.76. The zero-order valence-electron chi connectivity index (χ0n) is 21.4. The van der Waals surface area contributed by atoms with Crippen LogP contribution in [0.2, 0.25) is 0 Å². The van der Waals surface area contributed by atoms with Gasteiger partial charge in [0.1, 0.15) is 0 Å². The number of aliphatic hydroxyl groups is 1. The van der Waals surface area contributed by atoms with Crippen molar-refractivity contribution in [3.8, 4) is 22.5 Å². The minimum Gasteiger partial charge on any atom is -0.393 e. The largest absolute Gasteiger partial charge is 0.393 e. The van der Waals surface area contributed by atoms with E-state index in [2.05, 4.69) is 98.0 Å². The van der Waals surface area contributed by atoms with Gasteiger partial charge in [-0.15, -0.1) is 0 Å². The third-order valence-electron chi connectivity index (χ3n) is 6.21. The van der Waals surface area contributed by atoms with Gasteiger partial charge in [0.05, 0.1) is 17.5 Å². The van der Waals surface area contributed by atoms with Crippen molar-refractivity contribution in [1.29, 1.82) is 0 Å². The van der Waals surface area contributed by atoms with Crippen molar-refractivity contribution in [3.05, 3.63) is 114 Å². The normalized spacial score (nSPS) is 12.4. The molecule has 0 spiro atoms. The van der Waals surface area contributed by atoms with Gasteiger partial charge in [0.2, 0.25) is 0 Å². The Morgan fingerprint density at radius 1 is 0.861 bits per heavy atom. The molecule has 1 aromatic heterocycles. The van der Waals surface area contributed by atoms with Crippen LogP contribution in [0.1, 0.15) is 43.9 Å². The summed E-state index contributed by atoms with van der Waals surface area (Å²) < 4.78 is 0. The quantitative estimate of drug-likeness (QED) is 0.253. The number of nitrogens with one attached hydrogen (secondary N) is 1. The number of nitrogens with zero attached hydrogens (tertiary/aromatic N) is 2. The number of anilines is 1. The van der Waals surface area contributed by atoms with E-state index in [0.29, 0.717) is 6.42 Å². The summed E-state index contributed by atoms with van der Waals surface area (Å²) in [5, 5.41) is 13.2. The van der Waals surface area contributed by atoms with Crippen LogP contribution in [-0.4, -0.2) is 21.2 Å². The minimum atomic E-state index is -0.324. The highest BCUT2D eigenvalue weighted by molar-refractivity contribution is 5.80. The summed E-state index contributed by atoms with van der Waals surface area (Å²) in [4.78, 5) is 9.39. The van der Waals surface area contributed by atoms with E-state index >= 15 is 0 Å². The predicted molar refractivity (Wildman–Crippen MR) is 150 cm³/mol. The molecular formula is C32H35N3O. The Kier molecular flexibility index (Phi) is 8.64. The van der Waals surface area contributed by atoms with Crippen LogP contribution in [0.5, 0.6) is 0 Å². The van der Waals surface area contributed by atoms with E-state index in [-0.39, 0.29) is 6.10 Å². The summed E-state index contributed by atoms with van der Waals surface area (Å²) >= 11 is 0. The Bertz CT molecular complexity index is 1290. The lowest BCUT2D eigenvalue weighted by atomic mass is 9.98. The summed E-state index contributed by atoms with van der Waals surface area (Å²) in [5.41, 5.74) is 9.88. The fourth-order valence-corrected chi connectivity index (χ4v) is 4.47. The van der Waals surface area contributed by atoms with Crippen LogP contribution in [0.3, 0.4) is 0 Å². The van der Waals surface area contributed by atoms with Crippen LogP contribution in [0.15, 0.2) is 97.0 Å². The third kappa shape index (κ3) is 6.46. The highest BCUT2D eigenvalue weighted by atomic mass is 16.3. The zero-order chi connectivity index (χ0) is 25.3. The number of allylic oxidation sites excluding steroid dienone is 2. The van der Waals surface area contributed by atoms with Crippen molar-refractivity contribution in [1.82, 2.24) is 9.97 Å². The summed E-state index contributed by atoms with van der Waals surface area (Å²) in [5.74, 6) is 0. The van der Waals surface area contributed by atoms with Gasteiger partial charge in [-0.2, -0.15) is 0 Å². The average Bonchev–Trinajstić information content (AvgIpc) is 2.90. The molecule has 2 N–H and O–H groups in total. The van der Waals surface area contributed by atoms with Gasteiger partial charge < -0.3 is 10.4 Å². The first kappa shape index (κ1) is 25.3. The Balaban J connectivity index is 1.52. The molecule has 4 nitrogen and oxygen atoms in total. The SMILES string of the molecule is CC/C=C(/Cc1ccc(CC(C)O)cc1)Nc1ccc(-c2nccnc2-c2ccccc2CC)cc1. The summed E-state index contributed by atoms with van der Waals surface area (Å²) in [7, 11) is 0. The first-order valence-corrected chi connectivity index (χ1v) is 12.8. The molecule has 1 heterocycles. The molecule has 0 bridgehead atoms. The van der Waals surface area contributed by atoms with E-state index in [1.807, 2.05) is 6.92 Å². The number of rotatable bonds is 10. The van der Waals surface area contributed by atoms with Crippen LogP contribution in [-0.2, 0) is 19.3 Å². The average molecular weight is 478 g/mol. The molecule has 0 aliphatic heterocycles. The fraction of sp³-hybridized carbons (Fsp3) is 0.250. The lowest BCUT2D eigenvalue weighted by Gasteiger charge is -2.14. The second kappa shape index (κ2) is 12.3. The maximum Gasteiger partial charge on any atom is 0.0967 e. The molecule has 0 aliphatic rings.